The van der Waals surface area contributed by atoms with Crippen LogP contribution in [0.3, 0.4) is 0 Å². The number of hydrogen-bond acceptors (Lipinski definition) is 4. The van der Waals surface area contributed by atoms with Crippen LogP contribution < -0.4 is 4.90 Å². The van der Waals surface area contributed by atoms with Crippen LogP contribution in [0.5, 0.6) is 0 Å². The van der Waals surface area contributed by atoms with E-state index in [0.717, 1.165) is 17.9 Å². The quantitative estimate of drug-likeness (QED) is 0.928. The monoisotopic (exact) mass is 319 g/mol. The molecule has 2 rings (SSSR count). The predicted octanol–water partition coefficient (Wildman–Crippen LogP) is 2.19. The first kappa shape index (κ1) is 17.9. The van der Waals surface area contributed by atoms with Gasteiger partial charge in [-0.15, -0.1) is 0 Å². The van der Waals surface area contributed by atoms with Crippen molar-refractivity contribution >= 4 is 11.6 Å². The molecule has 1 aromatic heterocycles. The Morgan fingerprint density at radius 3 is 2.35 bits per heavy atom. The average molecular weight is 319 g/mol. The maximum absolute atomic E-state index is 12.4. The zero-order valence-corrected chi connectivity index (χ0v) is 15.0. The fourth-order valence-electron chi connectivity index (χ4n) is 2.83. The standard InChI is InChI=1S/C18H29N3O2/c1-17(2,3)15-7-6-14(12-19-15)21-11-10-20(9-8-16(21)22)13-18(4,5)23/h6-7,12,23H,8-11,13H2,1-5H3. The molecule has 1 amide bonds. The molecule has 2 heterocycles. The number of amides is 1. The van der Waals surface area contributed by atoms with E-state index in [1.54, 1.807) is 20.0 Å². The van der Waals surface area contributed by atoms with Gasteiger partial charge in [0.25, 0.3) is 0 Å². The van der Waals surface area contributed by atoms with Crippen LogP contribution in [0.2, 0.25) is 0 Å². The van der Waals surface area contributed by atoms with Gasteiger partial charge < -0.3 is 10.0 Å². The first-order valence-corrected chi connectivity index (χ1v) is 8.28. The Bertz CT molecular complexity index is 541. The van der Waals surface area contributed by atoms with Gasteiger partial charge in [-0.25, -0.2) is 0 Å². The van der Waals surface area contributed by atoms with Gasteiger partial charge in [-0.3, -0.25) is 14.7 Å². The number of rotatable bonds is 3. The molecule has 5 nitrogen and oxygen atoms in total. The van der Waals surface area contributed by atoms with Crippen molar-refractivity contribution in [3.05, 3.63) is 24.0 Å². The number of nitrogens with zero attached hydrogens (tertiary/aromatic N) is 3. The Balaban J connectivity index is 2.09. The second kappa shape index (κ2) is 6.57. The van der Waals surface area contributed by atoms with E-state index in [0.29, 0.717) is 26.1 Å². The minimum Gasteiger partial charge on any atom is -0.389 e. The summed E-state index contributed by atoms with van der Waals surface area (Å²) >= 11 is 0. The van der Waals surface area contributed by atoms with Crippen LogP contribution in [0.25, 0.3) is 0 Å². The third kappa shape index (κ3) is 5.01. The Morgan fingerprint density at radius 1 is 1.13 bits per heavy atom. The van der Waals surface area contributed by atoms with Gasteiger partial charge >= 0.3 is 0 Å². The molecule has 1 fully saturated rings. The molecule has 0 bridgehead atoms. The fraction of sp³-hybridized carbons (Fsp3) is 0.667. The van der Waals surface area contributed by atoms with Crippen molar-refractivity contribution < 1.29 is 9.90 Å². The molecule has 0 unspecified atom stereocenters. The Hall–Kier alpha value is -1.46. The summed E-state index contributed by atoms with van der Waals surface area (Å²) in [5.41, 5.74) is 1.14. The van der Waals surface area contributed by atoms with E-state index >= 15 is 0 Å². The van der Waals surface area contributed by atoms with Crippen LogP contribution in [-0.2, 0) is 10.2 Å². The van der Waals surface area contributed by atoms with Crippen LogP contribution in [-0.4, -0.2) is 52.7 Å². The van der Waals surface area contributed by atoms with Crippen molar-refractivity contribution in [2.45, 2.75) is 52.1 Å². The summed E-state index contributed by atoms with van der Waals surface area (Å²) in [5.74, 6) is 0.119. The zero-order valence-electron chi connectivity index (χ0n) is 15.0. The maximum atomic E-state index is 12.4. The van der Waals surface area contributed by atoms with Crippen molar-refractivity contribution in [2.75, 3.05) is 31.1 Å². The molecule has 0 spiro atoms. The molecule has 0 aromatic carbocycles. The summed E-state index contributed by atoms with van der Waals surface area (Å²) in [6.45, 7) is 12.6. The highest BCUT2D eigenvalue weighted by Gasteiger charge is 2.26. The Labute approximate surface area is 139 Å². The topological polar surface area (TPSA) is 56.7 Å². The summed E-state index contributed by atoms with van der Waals surface area (Å²) in [7, 11) is 0. The fourth-order valence-corrected chi connectivity index (χ4v) is 2.83. The number of pyridine rings is 1. The lowest BCUT2D eigenvalue weighted by atomic mass is 9.92. The Morgan fingerprint density at radius 2 is 1.83 bits per heavy atom. The molecular formula is C18H29N3O2. The second-order valence-corrected chi connectivity index (χ2v) is 8.04. The molecular weight excluding hydrogens is 290 g/mol. The number of aromatic nitrogens is 1. The van der Waals surface area contributed by atoms with Gasteiger partial charge in [0.05, 0.1) is 17.5 Å². The minimum atomic E-state index is -0.742. The third-order valence-electron chi connectivity index (χ3n) is 4.02. The lowest BCUT2D eigenvalue weighted by Gasteiger charge is -2.27. The summed E-state index contributed by atoms with van der Waals surface area (Å²) in [6.07, 6.45) is 2.27. The first-order valence-electron chi connectivity index (χ1n) is 8.28. The van der Waals surface area contributed by atoms with Crippen molar-refractivity contribution in [2.24, 2.45) is 0 Å². The van der Waals surface area contributed by atoms with Gasteiger partial charge in [0, 0.05) is 43.7 Å². The molecule has 1 aromatic rings. The molecule has 0 atom stereocenters. The summed E-state index contributed by atoms with van der Waals surface area (Å²) < 4.78 is 0. The predicted molar refractivity (Wildman–Crippen MR) is 92.6 cm³/mol. The molecule has 1 aliphatic heterocycles. The van der Waals surface area contributed by atoms with Crippen LogP contribution >= 0.6 is 0 Å². The Kier molecular flexibility index (Phi) is 5.11. The van der Waals surface area contributed by atoms with Crippen molar-refractivity contribution in [1.29, 1.82) is 0 Å². The van der Waals surface area contributed by atoms with Gasteiger partial charge in [0.1, 0.15) is 0 Å². The number of carbonyl (C=O) groups excluding carboxylic acids is 1. The number of aliphatic hydroxyl groups is 1. The third-order valence-corrected chi connectivity index (χ3v) is 4.02. The highest BCUT2D eigenvalue weighted by atomic mass is 16.3. The molecule has 23 heavy (non-hydrogen) atoms. The van der Waals surface area contributed by atoms with E-state index in [1.807, 2.05) is 17.0 Å². The lowest BCUT2D eigenvalue weighted by molar-refractivity contribution is -0.118. The van der Waals surface area contributed by atoms with E-state index < -0.39 is 5.60 Å². The van der Waals surface area contributed by atoms with Gasteiger partial charge in [0.15, 0.2) is 0 Å². The second-order valence-electron chi connectivity index (χ2n) is 8.04. The van der Waals surface area contributed by atoms with E-state index in [4.69, 9.17) is 0 Å². The van der Waals surface area contributed by atoms with Crippen molar-refractivity contribution in [3.8, 4) is 0 Å². The highest BCUT2D eigenvalue weighted by Crippen LogP contribution is 2.23. The summed E-state index contributed by atoms with van der Waals surface area (Å²) in [4.78, 5) is 20.9. The minimum absolute atomic E-state index is 0.00480. The number of hydrogen-bond donors (Lipinski definition) is 1. The van der Waals surface area contributed by atoms with Crippen LogP contribution in [0.4, 0.5) is 5.69 Å². The molecule has 1 saturated heterocycles. The lowest BCUT2D eigenvalue weighted by Crippen LogP contribution is -2.40. The number of anilines is 1. The number of carbonyl (C=O) groups is 1. The van der Waals surface area contributed by atoms with Gasteiger partial charge in [-0.1, -0.05) is 20.8 Å². The van der Waals surface area contributed by atoms with Crippen molar-refractivity contribution in [3.63, 3.8) is 0 Å². The maximum Gasteiger partial charge on any atom is 0.228 e. The SMILES string of the molecule is CC(C)(O)CN1CCC(=O)N(c2ccc(C(C)(C)C)nc2)CC1. The normalized spacial score (nSPS) is 18.2. The van der Waals surface area contributed by atoms with E-state index in [1.165, 1.54) is 0 Å². The zero-order chi connectivity index (χ0) is 17.3. The first-order chi connectivity index (χ1) is 10.6. The van der Waals surface area contributed by atoms with Gasteiger partial charge in [0.2, 0.25) is 5.91 Å². The summed E-state index contributed by atoms with van der Waals surface area (Å²) in [6, 6.07) is 3.99. The molecule has 5 heteroatoms. The molecule has 1 N–H and O–H groups in total. The van der Waals surface area contributed by atoms with E-state index in [-0.39, 0.29) is 11.3 Å². The average Bonchev–Trinajstić information content (AvgIpc) is 2.59. The molecule has 0 radical (unpaired) electrons. The van der Waals surface area contributed by atoms with Crippen molar-refractivity contribution in [1.82, 2.24) is 9.88 Å². The molecule has 0 aliphatic carbocycles. The molecule has 1 aliphatic rings. The summed E-state index contributed by atoms with van der Waals surface area (Å²) in [5, 5.41) is 9.97. The van der Waals surface area contributed by atoms with Gasteiger partial charge in [-0.2, -0.15) is 0 Å². The number of β-amino-alcohol motifs (C(OH)–C–C–N with tert-alkyl or cyclic N) is 1. The van der Waals surface area contributed by atoms with Crippen LogP contribution in [0.15, 0.2) is 18.3 Å². The molecule has 128 valence electrons. The van der Waals surface area contributed by atoms with E-state index in [9.17, 15) is 9.90 Å². The smallest absolute Gasteiger partial charge is 0.228 e. The van der Waals surface area contributed by atoms with Crippen LogP contribution in [0.1, 0.15) is 46.7 Å². The van der Waals surface area contributed by atoms with Crippen LogP contribution in [0, 0.1) is 0 Å². The van der Waals surface area contributed by atoms with E-state index in [2.05, 4.69) is 30.7 Å². The largest absolute Gasteiger partial charge is 0.389 e. The highest BCUT2D eigenvalue weighted by molar-refractivity contribution is 5.93. The van der Waals surface area contributed by atoms with Gasteiger partial charge in [-0.05, 0) is 26.0 Å². The molecule has 0 saturated carbocycles.